The zero-order valence-electron chi connectivity index (χ0n) is 13.5. The maximum absolute atomic E-state index is 11.6. The summed E-state index contributed by atoms with van der Waals surface area (Å²) in [7, 11) is 2.12. The van der Waals surface area contributed by atoms with E-state index in [0.29, 0.717) is 6.61 Å². The van der Waals surface area contributed by atoms with Crippen molar-refractivity contribution in [1.82, 2.24) is 10.2 Å². The van der Waals surface area contributed by atoms with E-state index in [9.17, 15) is 4.79 Å². The summed E-state index contributed by atoms with van der Waals surface area (Å²) >= 11 is 0. The fourth-order valence-electron chi connectivity index (χ4n) is 2.24. The Morgan fingerprint density at radius 2 is 2.00 bits per heavy atom. The third-order valence-corrected chi connectivity index (χ3v) is 3.38. The third kappa shape index (κ3) is 7.25. The summed E-state index contributed by atoms with van der Waals surface area (Å²) in [6.07, 6.45) is 1.78. The quantitative estimate of drug-likeness (QED) is 0.531. The van der Waals surface area contributed by atoms with Gasteiger partial charge in [0.1, 0.15) is 6.04 Å². The van der Waals surface area contributed by atoms with Gasteiger partial charge in [-0.15, -0.1) is 0 Å². The highest BCUT2D eigenvalue weighted by Gasteiger charge is 2.16. The normalized spacial score (nSPS) is 12.4. The molecular formula is C17H28N2O2. The van der Waals surface area contributed by atoms with Crippen LogP contribution in [0.25, 0.3) is 0 Å². The van der Waals surface area contributed by atoms with Crippen LogP contribution >= 0.6 is 0 Å². The lowest BCUT2D eigenvalue weighted by Gasteiger charge is -2.19. The van der Waals surface area contributed by atoms with Crippen molar-refractivity contribution in [2.45, 2.75) is 39.3 Å². The lowest BCUT2D eigenvalue weighted by atomic mass is 10.2. The Bertz CT molecular complexity index is 395. The molecule has 0 radical (unpaired) electrons. The summed E-state index contributed by atoms with van der Waals surface area (Å²) in [5.74, 6) is -0.141. The summed E-state index contributed by atoms with van der Waals surface area (Å²) < 4.78 is 5.04. The molecule has 118 valence electrons. The van der Waals surface area contributed by atoms with Crippen molar-refractivity contribution in [2.75, 3.05) is 26.7 Å². The van der Waals surface area contributed by atoms with E-state index >= 15 is 0 Å². The first-order valence-electron chi connectivity index (χ1n) is 7.79. The fraction of sp³-hybridized carbons (Fsp3) is 0.588. The SMILES string of the molecule is CCOC(=O)C(CC)NCCCN(C)Cc1ccccc1. The predicted molar refractivity (Wildman–Crippen MR) is 86.1 cm³/mol. The van der Waals surface area contributed by atoms with Gasteiger partial charge < -0.3 is 15.0 Å². The standard InChI is InChI=1S/C17H28N2O2/c1-4-16(17(20)21-5-2)18-12-9-13-19(3)14-15-10-7-6-8-11-15/h6-8,10-11,16,18H,4-5,9,12-14H2,1-3H3. The summed E-state index contributed by atoms with van der Waals surface area (Å²) in [5.41, 5.74) is 1.32. The van der Waals surface area contributed by atoms with Gasteiger partial charge in [0.25, 0.3) is 0 Å². The number of esters is 1. The van der Waals surface area contributed by atoms with Crippen LogP contribution in [0.1, 0.15) is 32.3 Å². The van der Waals surface area contributed by atoms with Crippen LogP contribution in [0, 0.1) is 0 Å². The van der Waals surface area contributed by atoms with Crippen molar-refractivity contribution in [3.63, 3.8) is 0 Å². The van der Waals surface area contributed by atoms with Crippen LogP contribution in [0.2, 0.25) is 0 Å². The van der Waals surface area contributed by atoms with Crippen LogP contribution in [0.3, 0.4) is 0 Å². The second-order valence-electron chi connectivity index (χ2n) is 5.24. The lowest BCUT2D eigenvalue weighted by Crippen LogP contribution is -2.38. The van der Waals surface area contributed by atoms with Gasteiger partial charge in [0.2, 0.25) is 0 Å². The summed E-state index contributed by atoms with van der Waals surface area (Å²) in [5, 5.41) is 3.27. The average Bonchev–Trinajstić information content (AvgIpc) is 2.48. The largest absolute Gasteiger partial charge is 0.465 e. The van der Waals surface area contributed by atoms with Crippen LogP contribution in [-0.2, 0) is 16.1 Å². The maximum Gasteiger partial charge on any atom is 0.323 e. The Kier molecular flexibility index (Phi) is 8.71. The lowest BCUT2D eigenvalue weighted by molar-refractivity contribution is -0.145. The Hall–Kier alpha value is -1.39. The Morgan fingerprint density at radius 1 is 1.29 bits per heavy atom. The van der Waals surface area contributed by atoms with Gasteiger partial charge in [-0.1, -0.05) is 37.3 Å². The molecule has 1 aromatic rings. The molecule has 0 heterocycles. The van der Waals surface area contributed by atoms with E-state index in [0.717, 1.165) is 32.5 Å². The molecule has 0 aliphatic carbocycles. The molecule has 4 nitrogen and oxygen atoms in total. The van der Waals surface area contributed by atoms with Gasteiger partial charge in [0.05, 0.1) is 6.61 Å². The number of benzene rings is 1. The second kappa shape index (κ2) is 10.4. The predicted octanol–water partition coefficient (Wildman–Crippen LogP) is 2.44. The van der Waals surface area contributed by atoms with Crippen LogP contribution < -0.4 is 5.32 Å². The van der Waals surface area contributed by atoms with E-state index in [1.165, 1.54) is 5.56 Å². The molecule has 21 heavy (non-hydrogen) atoms. The monoisotopic (exact) mass is 292 g/mol. The van der Waals surface area contributed by atoms with E-state index < -0.39 is 0 Å². The van der Waals surface area contributed by atoms with E-state index in [2.05, 4.69) is 41.5 Å². The zero-order chi connectivity index (χ0) is 15.5. The highest BCUT2D eigenvalue weighted by atomic mass is 16.5. The van der Waals surface area contributed by atoms with Crippen LogP contribution in [0.5, 0.6) is 0 Å². The Labute approximate surface area is 128 Å². The minimum atomic E-state index is -0.177. The second-order valence-corrected chi connectivity index (χ2v) is 5.24. The number of ether oxygens (including phenoxy) is 1. The number of hydrogen-bond donors (Lipinski definition) is 1. The number of nitrogens with one attached hydrogen (secondary N) is 1. The topological polar surface area (TPSA) is 41.6 Å². The molecule has 0 saturated carbocycles. The number of hydrogen-bond acceptors (Lipinski definition) is 4. The molecule has 0 aliphatic heterocycles. The minimum Gasteiger partial charge on any atom is -0.465 e. The minimum absolute atomic E-state index is 0.141. The van der Waals surface area contributed by atoms with E-state index in [1.807, 2.05) is 19.9 Å². The molecule has 0 saturated heterocycles. The van der Waals surface area contributed by atoms with Gasteiger partial charge in [-0.25, -0.2) is 0 Å². The van der Waals surface area contributed by atoms with Crippen molar-refractivity contribution in [2.24, 2.45) is 0 Å². The smallest absolute Gasteiger partial charge is 0.323 e. The molecule has 0 bridgehead atoms. The zero-order valence-corrected chi connectivity index (χ0v) is 13.5. The average molecular weight is 292 g/mol. The summed E-state index contributed by atoms with van der Waals surface area (Å²) in [6.45, 7) is 7.06. The van der Waals surface area contributed by atoms with Crippen LogP contribution in [0.4, 0.5) is 0 Å². The van der Waals surface area contributed by atoms with E-state index in [1.54, 1.807) is 0 Å². The molecule has 1 atom stereocenters. The number of carbonyl (C=O) groups excluding carboxylic acids is 1. The van der Waals surface area contributed by atoms with Gasteiger partial charge in [0, 0.05) is 6.54 Å². The first-order valence-corrected chi connectivity index (χ1v) is 7.79. The summed E-state index contributed by atoms with van der Waals surface area (Å²) in [4.78, 5) is 13.9. The number of nitrogens with zero attached hydrogens (tertiary/aromatic N) is 1. The Balaban J connectivity index is 2.19. The molecule has 0 aliphatic rings. The molecule has 0 fully saturated rings. The molecule has 4 heteroatoms. The fourth-order valence-corrected chi connectivity index (χ4v) is 2.24. The molecule has 0 amide bonds. The van der Waals surface area contributed by atoms with Gasteiger partial charge in [0.15, 0.2) is 0 Å². The van der Waals surface area contributed by atoms with Crippen LogP contribution in [0.15, 0.2) is 30.3 Å². The van der Waals surface area contributed by atoms with Crippen LogP contribution in [-0.4, -0.2) is 43.7 Å². The van der Waals surface area contributed by atoms with Crippen molar-refractivity contribution < 1.29 is 9.53 Å². The molecule has 0 aromatic heterocycles. The first-order chi connectivity index (χ1) is 10.2. The molecule has 1 aromatic carbocycles. The van der Waals surface area contributed by atoms with Crippen molar-refractivity contribution in [3.05, 3.63) is 35.9 Å². The summed E-state index contributed by atoms with van der Waals surface area (Å²) in [6, 6.07) is 10.3. The van der Waals surface area contributed by atoms with Gasteiger partial charge in [-0.3, -0.25) is 4.79 Å². The first kappa shape index (κ1) is 17.7. The maximum atomic E-state index is 11.6. The van der Waals surface area contributed by atoms with Gasteiger partial charge >= 0.3 is 5.97 Å². The van der Waals surface area contributed by atoms with Crippen molar-refractivity contribution >= 4 is 5.97 Å². The van der Waals surface area contributed by atoms with Crippen molar-refractivity contribution in [3.8, 4) is 0 Å². The Morgan fingerprint density at radius 3 is 2.62 bits per heavy atom. The number of carbonyl (C=O) groups is 1. The molecule has 0 spiro atoms. The van der Waals surface area contributed by atoms with Gasteiger partial charge in [-0.05, 0) is 45.5 Å². The molecule has 1 rings (SSSR count). The highest BCUT2D eigenvalue weighted by Crippen LogP contribution is 2.03. The highest BCUT2D eigenvalue weighted by molar-refractivity contribution is 5.75. The molecule has 1 unspecified atom stereocenters. The number of rotatable bonds is 10. The van der Waals surface area contributed by atoms with Gasteiger partial charge in [-0.2, -0.15) is 0 Å². The van der Waals surface area contributed by atoms with E-state index in [4.69, 9.17) is 4.74 Å². The van der Waals surface area contributed by atoms with Crippen molar-refractivity contribution in [1.29, 1.82) is 0 Å². The third-order valence-electron chi connectivity index (χ3n) is 3.38. The molecule has 1 N–H and O–H groups in total. The molecular weight excluding hydrogens is 264 g/mol. The van der Waals surface area contributed by atoms with E-state index in [-0.39, 0.29) is 12.0 Å².